The molecule has 0 bridgehead atoms. The fraction of sp³-hybridized carbons (Fsp3) is 0.818. The van der Waals surface area contributed by atoms with Gasteiger partial charge in [-0.2, -0.15) is 0 Å². The van der Waals surface area contributed by atoms with Crippen molar-refractivity contribution in [3.63, 3.8) is 0 Å². The van der Waals surface area contributed by atoms with Gasteiger partial charge in [-0.25, -0.2) is 0 Å². The van der Waals surface area contributed by atoms with Crippen LogP contribution in [0.5, 0.6) is 0 Å². The van der Waals surface area contributed by atoms with Gasteiger partial charge in [0.1, 0.15) is 24.4 Å². The molecule has 12 nitrogen and oxygen atoms in total. The standard InChI is InChI=1S/C20H35N3O9.C2H6/c1-11-8-17(29)23(20(11)32)7-6-15(27)21-12(2)4-5-16(28)22(3)9-13(25)18(30)19(31)14(26)10-24;1-2/h11-14,18-19,24-26,30-31H,4-10H2,1-3H3,(H,21,27);1-2H3. The van der Waals surface area contributed by atoms with Gasteiger partial charge in [-0.1, -0.05) is 20.8 Å². The van der Waals surface area contributed by atoms with Crippen LogP contribution in [0.15, 0.2) is 0 Å². The molecule has 1 rings (SSSR count). The summed E-state index contributed by atoms with van der Waals surface area (Å²) in [5.41, 5.74) is 0. The van der Waals surface area contributed by atoms with Crippen molar-refractivity contribution in [3.8, 4) is 0 Å². The predicted molar refractivity (Wildman–Crippen MR) is 122 cm³/mol. The van der Waals surface area contributed by atoms with Crippen LogP contribution in [-0.2, 0) is 19.2 Å². The molecule has 0 aromatic carbocycles. The Labute approximate surface area is 200 Å². The number of amides is 4. The van der Waals surface area contributed by atoms with E-state index < -0.39 is 31.0 Å². The lowest BCUT2D eigenvalue weighted by Crippen LogP contribution is -2.50. The topological polar surface area (TPSA) is 188 Å². The van der Waals surface area contributed by atoms with Crippen molar-refractivity contribution >= 4 is 23.6 Å². The van der Waals surface area contributed by atoms with Crippen LogP contribution in [0.4, 0.5) is 0 Å². The van der Waals surface area contributed by atoms with Crippen LogP contribution in [0.25, 0.3) is 0 Å². The molecule has 1 saturated heterocycles. The van der Waals surface area contributed by atoms with Gasteiger partial charge < -0.3 is 35.7 Å². The first-order valence-corrected chi connectivity index (χ1v) is 11.6. The van der Waals surface area contributed by atoms with E-state index >= 15 is 0 Å². The van der Waals surface area contributed by atoms with Gasteiger partial charge in [-0.3, -0.25) is 24.1 Å². The molecule has 1 heterocycles. The number of rotatable bonds is 13. The summed E-state index contributed by atoms with van der Waals surface area (Å²) in [5, 5.41) is 50.2. The van der Waals surface area contributed by atoms with E-state index in [1.54, 1.807) is 13.8 Å². The lowest BCUT2D eigenvalue weighted by atomic mass is 10.0. The molecule has 6 unspecified atom stereocenters. The number of likely N-dealkylation sites (tertiary alicyclic amines) is 1. The first-order chi connectivity index (χ1) is 15.9. The molecule has 12 heteroatoms. The fourth-order valence-corrected chi connectivity index (χ4v) is 3.30. The monoisotopic (exact) mass is 491 g/mol. The van der Waals surface area contributed by atoms with Crippen molar-refractivity contribution < 1.29 is 44.7 Å². The maximum absolute atomic E-state index is 12.2. The molecule has 0 radical (unpaired) electrons. The van der Waals surface area contributed by atoms with Crippen molar-refractivity contribution in [1.29, 1.82) is 0 Å². The highest BCUT2D eigenvalue weighted by atomic mass is 16.4. The summed E-state index contributed by atoms with van der Waals surface area (Å²) >= 11 is 0. The van der Waals surface area contributed by atoms with Gasteiger partial charge >= 0.3 is 0 Å². The Morgan fingerprint density at radius 2 is 1.65 bits per heavy atom. The molecule has 0 saturated carbocycles. The number of imide groups is 1. The lowest BCUT2D eigenvalue weighted by Gasteiger charge is -2.28. The molecular formula is C22H41N3O9. The highest BCUT2D eigenvalue weighted by Gasteiger charge is 2.35. The molecular weight excluding hydrogens is 450 g/mol. The Kier molecular flexibility index (Phi) is 14.7. The first-order valence-electron chi connectivity index (χ1n) is 11.6. The number of aliphatic hydroxyl groups excluding tert-OH is 5. The number of hydrogen-bond acceptors (Lipinski definition) is 9. The third-order valence-electron chi connectivity index (χ3n) is 5.44. The zero-order chi connectivity index (χ0) is 26.6. The van der Waals surface area contributed by atoms with Gasteiger partial charge in [0.05, 0.1) is 6.61 Å². The molecule has 0 spiro atoms. The minimum Gasteiger partial charge on any atom is -0.394 e. The Morgan fingerprint density at radius 1 is 1.09 bits per heavy atom. The van der Waals surface area contributed by atoms with Gasteiger partial charge in [-0.05, 0) is 13.3 Å². The molecule has 6 N–H and O–H groups in total. The minimum absolute atomic E-state index is 0.0132. The normalized spacial score (nSPS) is 20.1. The number of aliphatic hydroxyl groups is 5. The van der Waals surface area contributed by atoms with Crippen molar-refractivity contribution in [1.82, 2.24) is 15.1 Å². The highest BCUT2D eigenvalue weighted by Crippen LogP contribution is 2.18. The second kappa shape index (κ2) is 15.7. The number of likely N-dealkylation sites (N-methyl/N-ethyl adjacent to an activating group) is 1. The van der Waals surface area contributed by atoms with Gasteiger partial charge in [-0.15, -0.1) is 0 Å². The van der Waals surface area contributed by atoms with Crippen LogP contribution in [0.2, 0.25) is 0 Å². The summed E-state index contributed by atoms with van der Waals surface area (Å²) in [5.74, 6) is -1.67. The second-order valence-corrected chi connectivity index (χ2v) is 8.32. The van der Waals surface area contributed by atoms with Crippen molar-refractivity contribution in [2.45, 2.75) is 83.8 Å². The van der Waals surface area contributed by atoms with Crippen molar-refractivity contribution in [2.24, 2.45) is 5.92 Å². The molecule has 0 aromatic rings. The molecule has 198 valence electrons. The third-order valence-corrected chi connectivity index (χ3v) is 5.44. The van der Waals surface area contributed by atoms with Crippen LogP contribution < -0.4 is 5.32 Å². The van der Waals surface area contributed by atoms with E-state index in [1.807, 2.05) is 13.8 Å². The van der Waals surface area contributed by atoms with E-state index in [2.05, 4.69) is 5.32 Å². The second-order valence-electron chi connectivity index (χ2n) is 8.32. The maximum atomic E-state index is 12.2. The number of hydrogen-bond donors (Lipinski definition) is 6. The zero-order valence-electron chi connectivity index (χ0n) is 20.7. The molecule has 4 amide bonds. The van der Waals surface area contributed by atoms with Gasteiger partial charge in [0.15, 0.2) is 0 Å². The largest absolute Gasteiger partial charge is 0.394 e. The summed E-state index contributed by atoms with van der Waals surface area (Å²) in [6, 6.07) is -0.360. The third kappa shape index (κ3) is 10.0. The predicted octanol–water partition coefficient (Wildman–Crippen LogP) is -2.02. The average Bonchev–Trinajstić information content (AvgIpc) is 3.05. The average molecular weight is 492 g/mol. The van der Waals surface area contributed by atoms with Gasteiger partial charge in [0.25, 0.3) is 0 Å². The first kappa shape index (κ1) is 31.9. The van der Waals surface area contributed by atoms with Crippen LogP contribution in [0, 0.1) is 5.92 Å². The van der Waals surface area contributed by atoms with Crippen LogP contribution in [0.3, 0.4) is 0 Å². The molecule has 0 aromatic heterocycles. The van der Waals surface area contributed by atoms with Crippen molar-refractivity contribution in [2.75, 3.05) is 26.7 Å². The molecule has 1 aliphatic heterocycles. The van der Waals surface area contributed by atoms with E-state index in [1.165, 1.54) is 7.05 Å². The maximum Gasteiger partial charge on any atom is 0.232 e. The zero-order valence-corrected chi connectivity index (χ0v) is 20.7. The fourth-order valence-electron chi connectivity index (χ4n) is 3.30. The van der Waals surface area contributed by atoms with Crippen LogP contribution in [0.1, 0.15) is 53.4 Å². The summed E-state index contributed by atoms with van der Waals surface area (Å²) in [7, 11) is 1.39. The van der Waals surface area contributed by atoms with Crippen LogP contribution in [-0.4, -0.2) is 116 Å². The molecule has 0 aliphatic carbocycles. The van der Waals surface area contributed by atoms with E-state index in [0.29, 0.717) is 0 Å². The van der Waals surface area contributed by atoms with E-state index in [9.17, 15) is 39.6 Å². The summed E-state index contributed by atoms with van der Waals surface area (Å²) in [6.45, 7) is 6.26. The van der Waals surface area contributed by atoms with Gasteiger partial charge in [0.2, 0.25) is 23.6 Å². The molecule has 34 heavy (non-hydrogen) atoms. The number of nitrogens with one attached hydrogen (secondary N) is 1. The number of carbonyl (C=O) groups excluding carboxylic acids is 4. The quantitative estimate of drug-likeness (QED) is 0.158. The van der Waals surface area contributed by atoms with E-state index in [-0.39, 0.29) is 74.4 Å². The van der Waals surface area contributed by atoms with E-state index in [4.69, 9.17) is 5.11 Å². The van der Waals surface area contributed by atoms with Crippen LogP contribution >= 0.6 is 0 Å². The molecule has 6 atom stereocenters. The summed E-state index contributed by atoms with van der Waals surface area (Å²) < 4.78 is 0. The molecule has 1 aliphatic rings. The molecule has 1 fully saturated rings. The number of nitrogens with zero attached hydrogens (tertiary/aromatic N) is 2. The summed E-state index contributed by atoms with van der Waals surface area (Å²) in [6.07, 6.45) is -6.27. The minimum atomic E-state index is -1.77. The SMILES string of the molecule is CC.CC(CCC(=O)N(C)CC(O)C(O)C(O)C(O)CO)NC(=O)CCN1C(=O)CC(C)C1=O. The number of carbonyl (C=O) groups is 4. The Balaban J connectivity index is 0.00000529. The Hall–Kier alpha value is -2.12. The van der Waals surface area contributed by atoms with E-state index in [0.717, 1.165) is 9.80 Å². The smallest absolute Gasteiger partial charge is 0.232 e. The lowest BCUT2D eigenvalue weighted by molar-refractivity contribution is -0.140. The Morgan fingerprint density at radius 3 is 2.15 bits per heavy atom. The highest BCUT2D eigenvalue weighted by molar-refractivity contribution is 6.03. The Bertz CT molecular complexity index is 676. The van der Waals surface area contributed by atoms with Crippen molar-refractivity contribution in [3.05, 3.63) is 0 Å². The summed E-state index contributed by atoms with van der Waals surface area (Å²) in [4.78, 5) is 50.1. The van der Waals surface area contributed by atoms with Gasteiger partial charge in [0, 0.05) is 51.4 Å².